The highest BCUT2D eigenvalue weighted by molar-refractivity contribution is 5.79. The van der Waals surface area contributed by atoms with Crippen LogP contribution >= 0.6 is 0 Å². The molecular formula is C11H19NO2. The van der Waals surface area contributed by atoms with Gasteiger partial charge in [-0.25, -0.2) is 0 Å². The summed E-state index contributed by atoms with van der Waals surface area (Å²) in [5.74, 6) is 0.453. The van der Waals surface area contributed by atoms with Gasteiger partial charge in [0.05, 0.1) is 0 Å². The van der Waals surface area contributed by atoms with Crippen molar-refractivity contribution in [3.63, 3.8) is 0 Å². The molecule has 2 saturated heterocycles. The molecule has 3 heteroatoms. The van der Waals surface area contributed by atoms with E-state index in [1.54, 1.807) is 0 Å². The van der Waals surface area contributed by atoms with E-state index in [-0.39, 0.29) is 5.92 Å². The quantitative estimate of drug-likeness (QED) is 0.633. The number of likely N-dealkylation sites (tertiary alicyclic amines) is 1. The molecule has 1 amide bonds. The maximum absolute atomic E-state index is 11.6. The lowest BCUT2D eigenvalue weighted by Crippen LogP contribution is -2.61. The Balaban J connectivity index is 1.85. The molecule has 2 aliphatic rings. The van der Waals surface area contributed by atoms with E-state index >= 15 is 0 Å². The number of hydrogen-bond acceptors (Lipinski definition) is 2. The third-order valence-electron chi connectivity index (χ3n) is 3.41. The van der Waals surface area contributed by atoms with E-state index in [4.69, 9.17) is 4.74 Å². The van der Waals surface area contributed by atoms with Gasteiger partial charge in [-0.3, -0.25) is 4.79 Å². The Morgan fingerprint density at radius 2 is 1.86 bits per heavy atom. The minimum absolute atomic E-state index is 0.146. The van der Waals surface area contributed by atoms with Gasteiger partial charge in [-0.2, -0.15) is 0 Å². The molecule has 0 radical (unpaired) electrons. The van der Waals surface area contributed by atoms with E-state index in [1.807, 2.05) is 18.7 Å². The van der Waals surface area contributed by atoms with Crippen molar-refractivity contribution in [1.82, 2.24) is 4.90 Å². The first-order valence-electron chi connectivity index (χ1n) is 5.50. The van der Waals surface area contributed by atoms with Crippen molar-refractivity contribution >= 4 is 5.91 Å². The lowest BCUT2D eigenvalue weighted by Gasteiger charge is -2.52. The van der Waals surface area contributed by atoms with Crippen LogP contribution in [-0.4, -0.2) is 37.1 Å². The van der Waals surface area contributed by atoms with Crippen molar-refractivity contribution in [2.75, 3.05) is 26.3 Å². The van der Waals surface area contributed by atoms with Crippen molar-refractivity contribution in [1.29, 1.82) is 0 Å². The van der Waals surface area contributed by atoms with Crippen LogP contribution in [0.5, 0.6) is 0 Å². The van der Waals surface area contributed by atoms with Crippen LogP contribution in [-0.2, 0) is 9.53 Å². The number of ether oxygens (including phenoxy) is 1. The number of carbonyl (C=O) groups is 1. The second-order valence-corrected chi connectivity index (χ2v) is 4.96. The summed E-state index contributed by atoms with van der Waals surface area (Å²) in [6.07, 6.45) is 2.27. The normalized spacial score (nSPS) is 25.2. The van der Waals surface area contributed by atoms with E-state index in [0.29, 0.717) is 11.3 Å². The van der Waals surface area contributed by atoms with Crippen LogP contribution in [0.3, 0.4) is 0 Å². The summed E-state index contributed by atoms with van der Waals surface area (Å²) in [5, 5.41) is 0. The summed E-state index contributed by atoms with van der Waals surface area (Å²) >= 11 is 0. The summed E-state index contributed by atoms with van der Waals surface area (Å²) < 4.78 is 5.34. The van der Waals surface area contributed by atoms with Crippen molar-refractivity contribution < 1.29 is 9.53 Å². The molecule has 3 nitrogen and oxygen atoms in total. The molecule has 0 aromatic carbocycles. The minimum Gasteiger partial charge on any atom is -0.381 e. The minimum atomic E-state index is 0.146. The van der Waals surface area contributed by atoms with E-state index in [1.165, 1.54) is 0 Å². The summed E-state index contributed by atoms with van der Waals surface area (Å²) in [4.78, 5) is 13.6. The van der Waals surface area contributed by atoms with E-state index in [9.17, 15) is 4.79 Å². The number of nitrogens with zero attached hydrogens (tertiary/aromatic N) is 1. The first-order chi connectivity index (χ1) is 6.63. The molecule has 2 heterocycles. The molecule has 0 aliphatic carbocycles. The van der Waals surface area contributed by atoms with Crippen molar-refractivity contribution in [3.8, 4) is 0 Å². The molecule has 1 spiro atoms. The highest BCUT2D eigenvalue weighted by Crippen LogP contribution is 2.40. The molecule has 0 aromatic heterocycles. The molecule has 0 atom stereocenters. The standard InChI is InChI=1S/C11H19NO2/c1-9(2)10(13)12-7-11(8-12)3-5-14-6-4-11/h9H,3-8H2,1-2H3. The Labute approximate surface area is 85.4 Å². The van der Waals surface area contributed by atoms with Gasteiger partial charge in [-0.1, -0.05) is 13.8 Å². The summed E-state index contributed by atoms with van der Waals surface area (Å²) in [5.41, 5.74) is 0.419. The fourth-order valence-electron chi connectivity index (χ4n) is 2.41. The molecule has 0 aromatic rings. The molecule has 0 bridgehead atoms. The van der Waals surface area contributed by atoms with Crippen molar-refractivity contribution in [2.24, 2.45) is 11.3 Å². The number of hydrogen-bond donors (Lipinski definition) is 0. The van der Waals surface area contributed by atoms with Gasteiger partial charge in [-0.05, 0) is 12.8 Å². The van der Waals surface area contributed by atoms with Gasteiger partial charge in [0.2, 0.25) is 5.91 Å². The van der Waals surface area contributed by atoms with Gasteiger partial charge in [-0.15, -0.1) is 0 Å². The van der Waals surface area contributed by atoms with E-state index in [2.05, 4.69) is 0 Å². The third kappa shape index (κ3) is 1.65. The van der Waals surface area contributed by atoms with Gasteiger partial charge >= 0.3 is 0 Å². The van der Waals surface area contributed by atoms with Crippen LogP contribution in [0.4, 0.5) is 0 Å². The molecule has 80 valence electrons. The topological polar surface area (TPSA) is 29.5 Å². The van der Waals surface area contributed by atoms with Crippen LogP contribution in [0, 0.1) is 11.3 Å². The van der Waals surface area contributed by atoms with Gasteiger partial charge in [0.25, 0.3) is 0 Å². The molecule has 0 saturated carbocycles. The summed E-state index contributed by atoms with van der Waals surface area (Å²) in [6.45, 7) is 7.63. The van der Waals surface area contributed by atoms with Crippen LogP contribution in [0.2, 0.25) is 0 Å². The molecular weight excluding hydrogens is 178 g/mol. The van der Waals surface area contributed by atoms with Gasteiger partial charge in [0.15, 0.2) is 0 Å². The first kappa shape index (κ1) is 9.97. The van der Waals surface area contributed by atoms with Gasteiger partial charge in [0.1, 0.15) is 0 Å². The monoisotopic (exact) mass is 197 g/mol. The third-order valence-corrected chi connectivity index (χ3v) is 3.41. The van der Waals surface area contributed by atoms with Gasteiger partial charge < -0.3 is 9.64 Å². The van der Waals surface area contributed by atoms with Crippen LogP contribution in [0.15, 0.2) is 0 Å². The maximum atomic E-state index is 11.6. The molecule has 2 rings (SSSR count). The number of amides is 1. The number of rotatable bonds is 1. The fraction of sp³-hybridized carbons (Fsp3) is 0.909. The number of carbonyl (C=O) groups excluding carboxylic acids is 1. The molecule has 14 heavy (non-hydrogen) atoms. The Morgan fingerprint density at radius 1 is 1.29 bits per heavy atom. The maximum Gasteiger partial charge on any atom is 0.225 e. The Hall–Kier alpha value is -0.570. The second kappa shape index (κ2) is 3.54. The highest BCUT2D eigenvalue weighted by Gasteiger charge is 2.45. The molecule has 0 unspecified atom stereocenters. The second-order valence-electron chi connectivity index (χ2n) is 4.96. The lowest BCUT2D eigenvalue weighted by atomic mass is 9.73. The Kier molecular flexibility index (Phi) is 2.52. The predicted molar refractivity (Wildman–Crippen MR) is 53.9 cm³/mol. The average molecular weight is 197 g/mol. The van der Waals surface area contributed by atoms with Crippen LogP contribution in [0.1, 0.15) is 26.7 Å². The summed E-state index contributed by atoms with van der Waals surface area (Å²) in [6, 6.07) is 0. The molecule has 2 fully saturated rings. The summed E-state index contributed by atoms with van der Waals surface area (Å²) in [7, 11) is 0. The molecule has 0 N–H and O–H groups in total. The van der Waals surface area contributed by atoms with Crippen molar-refractivity contribution in [2.45, 2.75) is 26.7 Å². The van der Waals surface area contributed by atoms with Gasteiger partial charge in [0, 0.05) is 37.6 Å². The van der Waals surface area contributed by atoms with E-state index < -0.39 is 0 Å². The fourth-order valence-corrected chi connectivity index (χ4v) is 2.41. The Morgan fingerprint density at radius 3 is 2.36 bits per heavy atom. The lowest BCUT2D eigenvalue weighted by molar-refractivity contribution is -0.153. The van der Waals surface area contributed by atoms with Crippen LogP contribution < -0.4 is 0 Å². The zero-order valence-electron chi connectivity index (χ0n) is 9.08. The largest absolute Gasteiger partial charge is 0.381 e. The average Bonchev–Trinajstić information content (AvgIpc) is 2.14. The Bertz CT molecular complexity index is 223. The molecule has 2 aliphatic heterocycles. The zero-order chi connectivity index (χ0) is 10.2. The van der Waals surface area contributed by atoms with Crippen molar-refractivity contribution in [3.05, 3.63) is 0 Å². The first-order valence-corrected chi connectivity index (χ1v) is 5.50. The highest BCUT2D eigenvalue weighted by atomic mass is 16.5. The van der Waals surface area contributed by atoms with E-state index in [0.717, 1.165) is 39.1 Å². The SMILES string of the molecule is CC(C)C(=O)N1CC2(CCOCC2)C1. The smallest absolute Gasteiger partial charge is 0.225 e. The van der Waals surface area contributed by atoms with Crippen LogP contribution in [0.25, 0.3) is 0 Å². The predicted octanol–water partition coefficient (Wildman–Crippen LogP) is 1.28. The zero-order valence-corrected chi connectivity index (χ0v) is 9.08.